The summed E-state index contributed by atoms with van der Waals surface area (Å²) in [5.41, 5.74) is 0.683. The van der Waals surface area contributed by atoms with Crippen LogP contribution in [0.2, 0.25) is 0 Å². The Balaban J connectivity index is 1.52. The number of carbonyl (C=O) groups is 2. The van der Waals surface area contributed by atoms with Gasteiger partial charge in [-0.25, -0.2) is 0 Å². The third-order valence-corrected chi connectivity index (χ3v) is 4.30. The summed E-state index contributed by atoms with van der Waals surface area (Å²) in [4.78, 5) is 25.2. The molecule has 0 aromatic heterocycles. The van der Waals surface area contributed by atoms with E-state index in [2.05, 4.69) is 5.32 Å². The number of quaternary nitrogens is 1. The van der Waals surface area contributed by atoms with Crippen LogP contribution in [-0.2, 0) is 14.3 Å². The van der Waals surface area contributed by atoms with Crippen molar-refractivity contribution in [2.45, 2.75) is 19.8 Å². The Kier molecular flexibility index (Phi) is 5.20. The largest absolute Gasteiger partial charge is 0.466 e. The highest BCUT2D eigenvalue weighted by Crippen LogP contribution is 2.34. The standard InChI is InChI=1S/C17H22N2O5/c1-2-22-17(21)12-4-3-7-19(9-12)10-16(20)18-13-5-6-14-15(8-13)24-11-23-14/h5-6,8,12H,2-4,7,9-11H2,1H3,(H,18,20)/p+1/t12-/m0/s1. The number of benzene rings is 1. The van der Waals surface area contributed by atoms with Crippen LogP contribution in [0.15, 0.2) is 18.2 Å². The molecule has 0 aliphatic carbocycles. The maximum absolute atomic E-state index is 12.3. The van der Waals surface area contributed by atoms with Crippen LogP contribution in [0.3, 0.4) is 0 Å². The Bertz CT molecular complexity index is 619. The van der Waals surface area contributed by atoms with Gasteiger partial charge in [-0.05, 0) is 31.9 Å². The van der Waals surface area contributed by atoms with Gasteiger partial charge < -0.3 is 24.4 Å². The van der Waals surface area contributed by atoms with Crippen molar-refractivity contribution in [3.63, 3.8) is 0 Å². The molecular formula is C17H23N2O5+. The van der Waals surface area contributed by atoms with Gasteiger partial charge >= 0.3 is 5.97 Å². The lowest BCUT2D eigenvalue weighted by atomic mass is 9.98. The molecule has 1 saturated heterocycles. The topological polar surface area (TPSA) is 78.3 Å². The summed E-state index contributed by atoms with van der Waals surface area (Å²) >= 11 is 0. The first-order valence-corrected chi connectivity index (χ1v) is 8.35. The van der Waals surface area contributed by atoms with Gasteiger partial charge in [0, 0.05) is 11.8 Å². The molecule has 1 aromatic rings. The summed E-state index contributed by atoms with van der Waals surface area (Å²) in [5, 5.41) is 2.88. The van der Waals surface area contributed by atoms with Gasteiger partial charge in [0.2, 0.25) is 6.79 Å². The van der Waals surface area contributed by atoms with E-state index in [9.17, 15) is 9.59 Å². The van der Waals surface area contributed by atoms with Crippen LogP contribution in [0.25, 0.3) is 0 Å². The zero-order valence-electron chi connectivity index (χ0n) is 13.8. The van der Waals surface area contributed by atoms with Crippen molar-refractivity contribution in [1.29, 1.82) is 0 Å². The number of carbonyl (C=O) groups excluding carboxylic acids is 2. The molecule has 2 heterocycles. The fourth-order valence-electron chi connectivity index (χ4n) is 3.18. The lowest BCUT2D eigenvalue weighted by Gasteiger charge is -2.28. The quantitative estimate of drug-likeness (QED) is 0.752. The predicted octanol–water partition coefficient (Wildman–Crippen LogP) is 0.212. The molecule has 0 saturated carbocycles. The normalized spacial score (nSPS) is 22.0. The second kappa shape index (κ2) is 7.53. The number of esters is 1. The van der Waals surface area contributed by atoms with Crippen LogP contribution in [0, 0.1) is 5.92 Å². The zero-order chi connectivity index (χ0) is 16.9. The number of piperidine rings is 1. The molecule has 0 spiro atoms. The molecule has 1 amide bonds. The maximum atomic E-state index is 12.3. The Morgan fingerprint density at radius 2 is 2.17 bits per heavy atom. The van der Waals surface area contributed by atoms with Crippen molar-refractivity contribution < 1.29 is 28.7 Å². The first-order chi connectivity index (χ1) is 11.7. The highest BCUT2D eigenvalue weighted by molar-refractivity contribution is 5.91. The summed E-state index contributed by atoms with van der Waals surface area (Å²) in [6, 6.07) is 5.33. The number of hydrogen-bond donors (Lipinski definition) is 2. The number of rotatable bonds is 5. The van der Waals surface area contributed by atoms with Crippen LogP contribution in [-0.4, -0.2) is 44.9 Å². The third-order valence-electron chi connectivity index (χ3n) is 4.30. The molecule has 3 rings (SSSR count). The summed E-state index contributed by atoms with van der Waals surface area (Å²) in [6.07, 6.45) is 1.77. The minimum Gasteiger partial charge on any atom is -0.466 e. The highest BCUT2D eigenvalue weighted by Gasteiger charge is 2.30. The fraction of sp³-hybridized carbons (Fsp3) is 0.529. The molecule has 130 valence electrons. The zero-order valence-corrected chi connectivity index (χ0v) is 13.8. The monoisotopic (exact) mass is 335 g/mol. The number of hydrogen-bond acceptors (Lipinski definition) is 5. The molecule has 1 aromatic carbocycles. The Morgan fingerprint density at radius 1 is 1.33 bits per heavy atom. The molecule has 2 aliphatic rings. The van der Waals surface area contributed by atoms with Gasteiger partial charge in [-0.1, -0.05) is 0 Å². The van der Waals surface area contributed by atoms with Crippen molar-refractivity contribution in [3.8, 4) is 11.5 Å². The first-order valence-electron chi connectivity index (χ1n) is 8.35. The van der Waals surface area contributed by atoms with E-state index in [1.807, 2.05) is 6.92 Å². The van der Waals surface area contributed by atoms with Crippen molar-refractivity contribution in [2.75, 3.05) is 38.4 Å². The lowest BCUT2D eigenvalue weighted by molar-refractivity contribution is -0.899. The summed E-state index contributed by atoms with van der Waals surface area (Å²) in [7, 11) is 0. The van der Waals surface area contributed by atoms with Gasteiger partial charge in [0.15, 0.2) is 18.0 Å². The second-order valence-electron chi connectivity index (χ2n) is 6.09. The van der Waals surface area contributed by atoms with Gasteiger partial charge in [-0.15, -0.1) is 0 Å². The van der Waals surface area contributed by atoms with E-state index in [4.69, 9.17) is 14.2 Å². The number of anilines is 1. The minimum atomic E-state index is -0.147. The Morgan fingerprint density at radius 3 is 3.00 bits per heavy atom. The van der Waals surface area contributed by atoms with Gasteiger partial charge in [0.05, 0.1) is 19.7 Å². The molecule has 2 aliphatic heterocycles. The molecule has 1 fully saturated rings. The molecule has 7 nitrogen and oxygen atoms in total. The van der Waals surface area contributed by atoms with Crippen LogP contribution in [0.1, 0.15) is 19.8 Å². The van der Waals surface area contributed by atoms with E-state index in [-0.39, 0.29) is 24.6 Å². The molecule has 2 atom stereocenters. The number of likely N-dealkylation sites (tertiary alicyclic amines) is 1. The van der Waals surface area contributed by atoms with Crippen molar-refractivity contribution in [3.05, 3.63) is 18.2 Å². The number of fused-ring (bicyclic) bond motifs is 1. The summed E-state index contributed by atoms with van der Waals surface area (Å²) in [6.45, 7) is 4.29. The van der Waals surface area contributed by atoms with Crippen molar-refractivity contribution in [1.82, 2.24) is 0 Å². The Hall–Kier alpha value is -2.28. The van der Waals surface area contributed by atoms with Crippen molar-refractivity contribution >= 4 is 17.6 Å². The predicted molar refractivity (Wildman–Crippen MR) is 86.1 cm³/mol. The maximum Gasteiger partial charge on any atom is 0.314 e. The van der Waals surface area contributed by atoms with Crippen LogP contribution in [0.5, 0.6) is 11.5 Å². The number of nitrogens with one attached hydrogen (secondary N) is 2. The summed E-state index contributed by atoms with van der Waals surface area (Å²) in [5.74, 6) is 0.999. The molecule has 24 heavy (non-hydrogen) atoms. The van der Waals surface area contributed by atoms with Crippen LogP contribution >= 0.6 is 0 Å². The summed E-state index contributed by atoms with van der Waals surface area (Å²) < 4.78 is 15.6. The SMILES string of the molecule is CCOC(=O)[C@H]1CCC[NH+](CC(=O)Nc2ccc3c(c2)OCO3)C1. The molecule has 1 unspecified atom stereocenters. The second-order valence-corrected chi connectivity index (χ2v) is 6.09. The van der Waals surface area contributed by atoms with Gasteiger partial charge in [0.1, 0.15) is 5.92 Å². The number of ether oxygens (including phenoxy) is 3. The van der Waals surface area contributed by atoms with Gasteiger partial charge in [-0.3, -0.25) is 9.59 Å². The van der Waals surface area contributed by atoms with E-state index in [1.165, 1.54) is 0 Å². The van der Waals surface area contributed by atoms with E-state index >= 15 is 0 Å². The Labute approximate surface area is 140 Å². The lowest BCUT2D eigenvalue weighted by Crippen LogP contribution is -3.14. The average molecular weight is 335 g/mol. The van der Waals surface area contributed by atoms with Crippen LogP contribution in [0.4, 0.5) is 5.69 Å². The van der Waals surface area contributed by atoms with Crippen LogP contribution < -0.4 is 19.7 Å². The van der Waals surface area contributed by atoms with Gasteiger partial charge in [0.25, 0.3) is 5.91 Å². The first kappa shape index (κ1) is 16.6. The third kappa shape index (κ3) is 3.97. The van der Waals surface area contributed by atoms with E-state index < -0.39 is 0 Å². The highest BCUT2D eigenvalue weighted by atomic mass is 16.7. The fourth-order valence-corrected chi connectivity index (χ4v) is 3.18. The minimum absolute atomic E-state index is 0.0756. The van der Waals surface area contributed by atoms with E-state index in [0.29, 0.717) is 36.9 Å². The molecule has 2 N–H and O–H groups in total. The van der Waals surface area contributed by atoms with E-state index in [0.717, 1.165) is 24.3 Å². The number of amides is 1. The molecular weight excluding hydrogens is 312 g/mol. The van der Waals surface area contributed by atoms with E-state index in [1.54, 1.807) is 18.2 Å². The van der Waals surface area contributed by atoms with Gasteiger partial charge in [-0.2, -0.15) is 0 Å². The van der Waals surface area contributed by atoms with Crippen molar-refractivity contribution in [2.24, 2.45) is 5.92 Å². The average Bonchev–Trinajstić information content (AvgIpc) is 3.03. The molecule has 0 bridgehead atoms. The molecule has 0 radical (unpaired) electrons. The molecule has 7 heteroatoms. The smallest absolute Gasteiger partial charge is 0.314 e.